The molecule has 0 saturated carbocycles. The lowest BCUT2D eigenvalue weighted by Crippen LogP contribution is -2.44. The van der Waals surface area contributed by atoms with Gasteiger partial charge in [0, 0.05) is 58.5 Å². The molecule has 1 aliphatic rings. The first-order chi connectivity index (χ1) is 14.7. The van der Waals surface area contributed by atoms with Gasteiger partial charge in [-0.3, -0.25) is 9.89 Å². The van der Waals surface area contributed by atoms with E-state index in [1.165, 1.54) is 5.56 Å². The van der Waals surface area contributed by atoms with E-state index >= 15 is 0 Å². The zero-order valence-corrected chi connectivity index (χ0v) is 21.6. The molecule has 1 atom stereocenters. The van der Waals surface area contributed by atoms with Gasteiger partial charge in [0.25, 0.3) is 0 Å². The lowest BCUT2D eigenvalue weighted by molar-refractivity contribution is 0.0702. The van der Waals surface area contributed by atoms with Gasteiger partial charge in [-0.25, -0.2) is 0 Å². The van der Waals surface area contributed by atoms with E-state index in [1.54, 1.807) is 21.3 Å². The molecule has 2 N–H and O–H groups in total. The molecule has 0 bridgehead atoms. The normalized spacial score (nSPS) is 16.6. The third-order valence-electron chi connectivity index (χ3n) is 4.92. The summed E-state index contributed by atoms with van der Waals surface area (Å²) in [6, 6.07) is 6.43. The average molecular weight is 550 g/mol. The third-order valence-corrected chi connectivity index (χ3v) is 4.92. The number of nitrogens with zero attached hydrogens (tertiary/aromatic N) is 2. The van der Waals surface area contributed by atoms with E-state index in [0.717, 1.165) is 63.0 Å². The number of likely N-dealkylation sites (tertiary alicyclic amines) is 1. The molecule has 1 heterocycles. The van der Waals surface area contributed by atoms with Gasteiger partial charge in [0.1, 0.15) is 11.5 Å². The molecular formula is C22H39IN4O4. The van der Waals surface area contributed by atoms with Crippen LogP contribution in [0.1, 0.15) is 25.3 Å². The Kier molecular flexibility index (Phi) is 14.6. The van der Waals surface area contributed by atoms with Crippen molar-refractivity contribution in [1.29, 1.82) is 0 Å². The van der Waals surface area contributed by atoms with Gasteiger partial charge in [0.2, 0.25) is 0 Å². The summed E-state index contributed by atoms with van der Waals surface area (Å²) >= 11 is 0. The number of halogens is 1. The predicted octanol–water partition coefficient (Wildman–Crippen LogP) is 2.50. The molecule has 1 aliphatic heterocycles. The van der Waals surface area contributed by atoms with E-state index in [0.29, 0.717) is 25.9 Å². The molecule has 31 heavy (non-hydrogen) atoms. The molecule has 1 aromatic rings. The van der Waals surface area contributed by atoms with Crippen LogP contribution in [0.15, 0.2) is 23.2 Å². The number of methoxy groups -OCH3 is 3. The largest absolute Gasteiger partial charge is 0.497 e. The van der Waals surface area contributed by atoms with Gasteiger partial charge in [0.05, 0.1) is 27.4 Å². The molecule has 178 valence electrons. The van der Waals surface area contributed by atoms with E-state index in [4.69, 9.17) is 18.9 Å². The first-order valence-corrected chi connectivity index (χ1v) is 10.7. The Morgan fingerprint density at radius 1 is 1.10 bits per heavy atom. The van der Waals surface area contributed by atoms with Crippen molar-refractivity contribution in [3.8, 4) is 11.5 Å². The molecule has 0 spiro atoms. The van der Waals surface area contributed by atoms with Crippen LogP contribution < -0.4 is 20.1 Å². The second-order valence-corrected chi connectivity index (χ2v) is 7.31. The lowest BCUT2D eigenvalue weighted by Gasteiger charge is -2.19. The number of hydrogen-bond donors (Lipinski definition) is 2. The fourth-order valence-corrected chi connectivity index (χ4v) is 3.43. The standard InChI is InChI=1S/C22H38N4O4.HI/c1-5-23-22(24-8-6-10-30-12-11-27-2)25-19-7-9-26(17-19)16-18-13-20(28-3)15-21(14-18)29-4;/h13-15,19H,5-12,16-17H2,1-4H3,(H2,23,24,25);1H. The first kappa shape index (κ1) is 27.7. The summed E-state index contributed by atoms with van der Waals surface area (Å²) in [5, 5.41) is 6.92. The fourth-order valence-electron chi connectivity index (χ4n) is 3.43. The highest BCUT2D eigenvalue weighted by molar-refractivity contribution is 14.0. The van der Waals surface area contributed by atoms with Crippen molar-refractivity contribution < 1.29 is 18.9 Å². The van der Waals surface area contributed by atoms with E-state index in [9.17, 15) is 0 Å². The Bertz CT molecular complexity index is 626. The van der Waals surface area contributed by atoms with Crippen molar-refractivity contribution in [3.63, 3.8) is 0 Å². The van der Waals surface area contributed by atoms with E-state index < -0.39 is 0 Å². The second kappa shape index (κ2) is 16.3. The van der Waals surface area contributed by atoms with Gasteiger partial charge in [-0.2, -0.15) is 0 Å². The molecule has 0 aromatic heterocycles. The van der Waals surface area contributed by atoms with E-state index in [1.807, 2.05) is 6.07 Å². The Morgan fingerprint density at radius 2 is 1.84 bits per heavy atom. The van der Waals surface area contributed by atoms with Gasteiger partial charge in [0.15, 0.2) is 5.96 Å². The summed E-state index contributed by atoms with van der Waals surface area (Å²) in [6.07, 6.45) is 1.99. The molecule has 0 amide bonds. The zero-order valence-electron chi connectivity index (χ0n) is 19.3. The number of nitrogens with one attached hydrogen (secondary N) is 2. The highest BCUT2D eigenvalue weighted by Crippen LogP contribution is 2.24. The van der Waals surface area contributed by atoms with Crippen molar-refractivity contribution in [1.82, 2.24) is 15.5 Å². The zero-order chi connectivity index (χ0) is 21.6. The summed E-state index contributed by atoms with van der Waals surface area (Å²) in [5.74, 6) is 2.53. The number of rotatable bonds is 13. The minimum atomic E-state index is 0. The van der Waals surface area contributed by atoms with Gasteiger partial charge in [-0.15, -0.1) is 24.0 Å². The Hall–Kier alpha value is -1.30. The third kappa shape index (κ3) is 10.7. The maximum atomic E-state index is 5.49. The van der Waals surface area contributed by atoms with Crippen molar-refractivity contribution in [2.75, 3.05) is 67.3 Å². The number of hydrogen-bond acceptors (Lipinski definition) is 6. The number of benzene rings is 1. The molecule has 9 heteroatoms. The smallest absolute Gasteiger partial charge is 0.191 e. The number of guanidine groups is 1. The second-order valence-electron chi connectivity index (χ2n) is 7.31. The average Bonchev–Trinajstić information content (AvgIpc) is 3.19. The van der Waals surface area contributed by atoms with Crippen molar-refractivity contribution in [2.24, 2.45) is 4.99 Å². The van der Waals surface area contributed by atoms with Crippen LogP contribution in [0.25, 0.3) is 0 Å². The molecule has 0 aliphatic carbocycles. The van der Waals surface area contributed by atoms with E-state index in [2.05, 4.69) is 39.6 Å². The minimum Gasteiger partial charge on any atom is -0.497 e. The van der Waals surface area contributed by atoms with Crippen molar-refractivity contribution in [2.45, 2.75) is 32.4 Å². The van der Waals surface area contributed by atoms with Crippen LogP contribution in [-0.4, -0.2) is 84.2 Å². The Morgan fingerprint density at radius 3 is 2.48 bits per heavy atom. The van der Waals surface area contributed by atoms with Gasteiger partial charge in [-0.05, 0) is 37.5 Å². The SMILES string of the molecule is CCNC(=NCCCOCCOC)NC1CCN(Cc2cc(OC)cc(OC)c2)C1.I. The maximum Gasteiger partial charge on any atom is 0.191 e. The lowest BCUT2D eigenvalue weighted by atomic mass is 10.2. The van der Waals surface area contributed by atoms with Crippen molar-refractivity contribution >= 4 is 29.9 Å². The molecule has 2 rings (SSSR count). The van der Waals surface area contributed by atoms with Crippen LogP contribution in [0.3, 0.4) is 0 Å². The Labute approximate surface area is 204 Å². The summed E-state index contributed by atoms with van der Waals surface area (Å²) in [6.45, 7) is 8.53. The quantitative estimate of drug-likeness (QED) is 0.169. The summed E-state index contributed by atoms with van der Waals surface area (Å²) < 4.78 is 21.2. The molecule has 8 nitrogen and oxygen atoms in total. The number of ether oxygens (including phenoxy) is 4. The molecule has 1 aromatic carbocycles. The summed E-state index contributed by atoms with van der Waals surface area (Å²) in [5.41, 5.74) is 1.20. The van der Waals surface area contributed by atoms with Crippen LogP contribution in [0, 0.1) is 0 Å². The minimum absolute atomic E-state index is 0. The monoisotopic (exact) mass is 550 g/mol. The predicted molar refractivity (Wildman–Crippen MR) is 135 cm³/mol. The highest BCUT2D eigenvalue weighted by Gasteiger charge is 2.23. The topological polar surface area (TPSA) is 76.6 Å². The molecule has 0 radical (unpaired) electrons. The molecule has 1 saturated heterocycles. The van der Waals surface area contributed by atoms with Crippen molar-refractivity contribution in [3.05, 3.63) is 23.8 Å². The fraction of sp³-hybridized carbons (Fsp3) is 0.682. The summed E-state index contributed by atoms with van der Waals surface area (Å²) in [4.78, 5) is 7.12. The van der Waals surface area contributed by atoms with Gasteiger partial charge < -0.3 is 29.6 Å². The van der Waals surface area contributed by atoms with Crippen LogP contribution in [-0.2, 0) is 16.0 Å². The molecular weight excluding hydrogens is 511 g/mol. The molecule has 1 unspecified atom stereocenters. The highest BCUT2D eigenvalue weighted by atomic mass is 127. The van der Waals surface area contributed by atoms with Crippen LogP contribution in [0.4, 0.5) is 0 Å². The van der Waals surface area contributed by atoms with Crippen LogP contribution >= 0.6 is 24.0 Å². The van der Waals surface area contributed by atoms with Gasteiger partial charge >= 0.3 is 0 Å². The Balaban J connectivity index is 0.00000480. The van der Waals surface area contributed by atoms with Crippen LogP contribution in [0.5, 0.6) is 11.5 Å². The van der Waals surface area contributed by atoms with Crippen LogP contribution in [0.2, 0.25) is 0 Å². The maximum absolute atomic E-state index is 5.49. The summed E-state index contributed by atoms with van der Waals surface area (Å²) in [7, 11) is 5.04. The molecule has 1 fully saturated rings. The first-order valence-electron chi connectivity index (χ1n) is 10.7. The number of aliphatic imine (C=N–C) groups is 1. The van der Waals surface area contributed by atoms with Gasteiger partial charge in [-0.1, -0.05) is 0 Å². The van der Waals surface area contributed by atoms with E-state index in [-0.39, 0.29) is 24.0 Å².